The molecule has 1 amide bonds. The topological polar surface area (TPSA) is 540 Å². The number of aliphatic hydroxyl groups is 17. The number of aliphatic hydroxyl groups excluding tert-OH is 17. The van der Waals surface area contributed by atoms with Gasteiger partial charge in [0.05, 0.1) is 33.0 Å². The van der Waals surface area contributed by atoms with Crippen LogP contribution in [0.15, 0.2) is 11.5 Å². The maximum absolute atomic E-state index is 12.7. The number of nitrogens with one attached hydrogen (secondary N) is 1. The van der Waals surface area contributed by atoms with Gasteiger partial charge < -0.3 is 150 Å². The van der Waals surface area contributed by atoms with Crippen molar-refractivity contribution in [3.63, 3.8) is 0 Å². The Morgan fingerprint density at radius 2 is 1.00 bits per heavy atom. The molecular formula is C37H59NO32. The molecule has 5 aliphatic heterocycles. The molecule has 0 radical (unpaired) electrons. The van der Waals surface area contributed by atoms with Crippen LogP contribution in [0.2, 0.25) is 0 Å². The molecule has 0 aromatic rings. The van der Waals surface area contributed by atoms with Crippen LogP contribution in [0.3, 0.4) is 0 Å². The van der Waals surface area contributed by atoms with Crippen molar-refractivity contribution in [1.82, 2.24) is 5.32 Å². The molecule has 0 aromatic carbocycles. The Labute approximate surface area is 392 Å². The second-order valence-corrected chi connectivity index (χ2v) is 16.5. The first-order chi connectivity index (χ1) is 33.0. The smallest absolute Gasteiger partial charge is 0.375 e. The van der Waals surface area contributed by atoms with Gasteiger partial charge in [-0.2, -0.15) is 0 Å². The van der Waals surface area contributed by atoms with Gasteiger partial charge in [0.15, 0.2) is 37.0 Å². The van der Waals surface area contributed by atoms with Gasteiger partial charge in [-0.05, 0) is 0 Å². The van der Waals surface area contributed by atoms with Crippen molar-refractivity contribution in [3.8, 4) is 0 Å². The Kier molecular flexibility index (Phi) is 20.3. The van der Waals surface area contributed by atoms with Crippen LogP contribution in [0.5, 0.6) is 0 Å². The second-order valence-electron chi connectivity index (χ2n) is 16.5. The third-order valence-corrected chi connectivity index (χ3v) is 11.8. The average molecular weight is 1030 g/mol. The zero-order valence-corrected chi connectivity index (χ0v) is 36.4. The summed E-state index contributed by atoms with van der Waals surface area (Å²) in [5, 5.41) is 201. The Morgan fingerprint density at radius 3 is 1.47 bits per heavy atom. The number of carbonyl (C=O) groups excluding carboxylic acids is 1. The third-order valence-electron chi connectivity index (χ3n) is 11.8. The van der Waals surface area contributed by atoms with Gasteiger partial charge in [-0.3, -0.25) is 4.79 Å². The highest BCUT2D eigenvalue weighted by Gasteiger charge is 2.58. The number of carboxylic acids is 2. The first kappa shape index (κ1) is 57.6. The van der Waals surface area contributed by atoms with Crippen LogP contribution in [-0.2, 0) is 61.8 Å². The van der Waals surface area contributed by atoms with Crippen molar-refractivity contribution in [1.29, 1.82) is 0 Å². The Bertz CT molecular complexity index is 1750. The first-order valence-electron chi connectivity index (χ1n) is 21.2. The largest absolute Gasteiger partial charge is 0.506 e. The molecular weight excluding hydrogens is 970 g/mol. The maximum Gasteiger partial charge on any atom is 0.375 e. The number of ether oxygens (including phenoxy) is 10. The van der Waals surface area contributed by atoms with Gasteiger partial charge >= 0.3 is 11.9 Å². The minimum absolute atomic E-state index is 0.914. The first-order valence-corrected chi connectivity index (χ1v) is 21.2. The summed E-state index contributed by atoms with van der Waals surface area (Å²) in [6.45, 7) is -4.37. The summed E-state index contributed by atoms with van der Waals surface area (Å²) >= 11 is 0. The number of aliphatic carboxylic acids is 2. The quantitative estimate of drug-likeness (QED) is 0.0538. The number of rotatable bonds is 20. The molecule has 26 atom stereocenters. The molecule has 5 heterocycles. The van der Waals surface area contributed by atoms with E-state index in [4.69, 9.17) is 47.4 Å². The van der Waals surface area contributed by atoms with Crippen LogP contribution in [0, 0.1) is 0 Å². The molecule has 0 aromatic heterocycles. The molecule has 4 saturated heterocycles. The predicted octanol–water partition coefficient (Wildman–Crippen LogP) is -12.5. The van der Waals surface area contributed by atoms with E-state index in [1.165, 1.54) is 0 Å². The van der Waals surface area contributed by atoms with E-state index in [2.05, 4.69) is 5.32 Å². The minimum Gasteiger partial charge on any atom is -0.506 e. The highest BCUT2D eigenvalue weighted by molar-refractivity contribution is 5.85. The van der Waals surface area contributed by atoms with Crippen molar-refractivity contribution < 1.29 is 159 Å². The SMILES string of the molecule is CC(=O)N[C@H]1[C@H](O[C@H]2[C@H](O)[C@@H](O)[C@H](O[C@H]3[C@@H](O)[C@@H](CO)O[C@@H](O[C@H]4[C@@H](O)[C@@H](CO)O[C@@H](OC([C@H](O)CO)[C@@H](O)CO)[C@@H]4O)[C@@H]3O)O[C@@H]2C(=O)O)O[C@H](CO)[C@H](O)[C@@H]1O[C@@H]1OC(C(=O)O)=C(O)[C@H](O)[C@H]1O. The molecule has 0 bridgehead atoms. The van der Waals surface area contributed by atoms with Crippen LogP contribution in [-0.4, -0.2) is 307 Å². The highest BCUT2D eigenvalue weighted by Crippen LogP contribution is 2.36. The second kappa shape index (κ2) is 24.6. The highest BCUT2D eigenvalue weighted by atomic mass is 16.8. The lowest BCUT2D eigenvalue weighted by molar-refractivity contribution is -0.388. The molecule has 5 rings (SSSR count). The molecule has 33 heteroatoms. The third kappa shape index (κ3) is 12.2. The predicted molar refractivity (Wildman–Crippen MR) is 208 cm³/mol. The molecule has 0 saturated carbocycles. The standard InChI is InChI=1S/C37H59NO32/c1-7(44)38-13-25(65-34-20(53)17(50)18(51)29(69-34)31(57)58)14(47)10(4-41)61-33(13)68-28-19(52)21(54)35(70-30(28)32(59)60)66-26-15(48)12(6-43)63-37(23(26)56)67-27-16(49)11(5-42)62-36(22(27)55)64-24(8(45)2-39)9(46)3-40/h8-17,19-28,30,33-37,39-43,45-56H,2-6H2,1H3,(H,38,44)(H,57,58)(H,59,60)/t8-,9+,10-,11-,12-,13-,14+,15+,16+,17+,19-,20-,21-,22-,23-,24?,25-,26+,27+,28+,30+,33+,34-,35-,36+,37+/m1/s1. The van der Waals surface area contributed by atoms with Crippen LogP contribution >= 0.6 is 0 Å². The van der Waals surface area contributed by atoms with E-state index in [9.17, 15) is 111 Å². The lowest BCUT2D eigenvalue weighted by Crippen LogP contribution is -2.70. The summed E-state index contributed by atoms with van der Waals surface area (Å²) in [6, 6.07) is -1.91. The fraction of sp³-hybridized carbons (Fsp3) is 0.865. The molecule has 5 aliphatic rings. The summed E-state index contributed by atoms with van der Waals surface area (Å²) in [5.74, 6) is -7.51. The number of hydrogen-bond donors (Lipinski definition) is 20. The van der Waals surface area contributed by atoms with E-state index < -0.39 is 222 Å². The zero-order chi connectivity index (χ0) is 52.2. The summed E-state index contributed by atoms with van der Waals surface area (Å²) in [6.07, 6.45) is -53.4. The van der Waals surface area contributed by atoms with Crippen molar-refractivity contribution >= 4 is 17.8 Å². The zero-order valence-electron chi connectivity index (χ0n) is 36.4. The van der Waals surface area contributed by atoms with E-state index in [0.717, 1.165) is 6.92 Å². The Hall–Kier alpha value is -3.25. The van der Waals surface area contributed by atoms with E-state index in [1.807, 2.05) is 0 Å². The van der Waals surface area contributed by atoms with Crippen LogP contribution in [0.4, 0.5) is 0 Å². The van der Waals surface area contributed by atoms with Crippen molar-refractivity contribution in [2.24, 2.45) is 0 Å². The lowest BCUT2D eigenvalue weighted by atomic mass is 9.94. The number of carboxylic acid groups (broad SMARTS) is 2. The summed E-state index contributed by atoms with van der Waals surface area (Å²) in [7, 11) is 0. The monoisotopic (exact) mass is 1030 g/mol. The Morgan fingerprint density at radius 1 is 0.557 bits per heavy atom. The van der Waals surface area contributed by atoms with Gasteiger partial charge in [-0.25, -0.2) is 9.59 Å². The van der Waals surface area contributed by atoms with Gasteiger partial charge in [-0.1, -0.05) is 0 Å². The van der Waals surface area contributed by atoms with E-state index in [-0.39, 0.29) is 0 Å². The fourth-order valence-corrected chi connectivity index (χ4v) is 8.07. The maximum atomic E-state index is 12.7. The molecule has 20 N–H and O–H groups in total. The van der Waals surface area contributed by atoms with Gasteiger partial charge in [0, 0.05) is 6.92 Å². The molecule has 1 unspecified atom stereocenters. The van der Waals surface area contributed by atoms with Crippen LogP contribution in [0.25, 0.3) is 0 Å². The van der Waals surface area contributed by atoms with Crippen molar-refractivity contribution in [2.75, 3.05) is 33.0 Å². The van der Waals surface area contributed by atoms with Gasteiger partial charge in [0.1, 0.15) is 122 Å². The van der Waals surface area contributed by atoms with E-state index >= 15 is 0 Å². The summed E-state index contributed by atoms with van der Waals surface area (Å²) in [5.41, 5.74) is 0. The van der Waals surface area contributed by atoms with Gasteiger partial charge in [-0.15, -0.1) is 0 Å². The molecule has 4 fully saturated rings. The minimum atomic E-state index is -2.47. The number of hydrogen-bond acceptors (Lipinski definition) is 30. The normalized spacial score (nSPS) is 43.9. The lowest BCUT2D eigenvalue weighted by Gasteiger charge is -2.49. The molecule has 33 nitrogen and oxygen atoms in total. The van der Waals surface area contributed by atoms with E-state index in [1.54, 1.807) is 0 Å². The summed E-state index contributed by atoms with van der Waals surface area (Å²) < 4.78 is 54.7. The van der Waals surface area contributed by atoms with Crippen LogP contribution in [0.1, 0.15) is 6.92 Å². The summed E-state index contributed by atoms with van der Waals surface area (Å²) in [4.78, 5) is 36.9. The van der Waals surface area contributed by atoms with Crippen LogP contribution < -0.4 is 5.32 Å². The number of amides is 1. The molecule has 0 spiro atoms. The van der Waals surface area contributed by atoms with E-state index in [0.29, 0.717) is 0 Å². The van der Waals surface area contributed by atoms with Crippen molar-refractivity contribution in [2.45, 2.75) is 166 Å². The van der Waals surface area contributed by atoms with Gasteiger partial charge in [0.2, 0.25) is 18.0 Å². The number of carbonyl (C=O) groups is 3. The molecule has 404 valence electrons. The Balaban J connectivity index is 1.37. The molecule has 0 aliphatic carbocycles. The van der Waals surface area contributed by atoms with Crippen molar-refractivity contribution in [3.05, 3.63) is 11.5 Å². The van der Waals surface area contributed by atoms with Gasteiger partial charge in [0.25, 0.3) is 0 Å². The molecule has 70 heavy (non-hydrogen) atoms. The average Bonchev–Trinajstić information content (AvgIpc) is 3.32. The fourth-order valence-electron chi connectivity index (χ4n) is 8.07.